The van der Waals surface area contributed by atoms with Gasteiger partial charge in [0, 0.05) is 0 Å². The molecule has 20 heavy (non-hydrogen) atoms. The van der Waals surface area contributed by atoms with E-state index in [1.165, 1.54) is 0 Å². The van der Waals surface area contributed by atoms with Gasteiger partial charge in [0.2, 0.25) is 0 Å². The van der Waals surface area contributed by atoms with Crippen molar-refractivity contribution in [2.45, 2.75) is 33.2 Å². The predicted octanol–water partition coefficient (Wildman–Crippen LogP) is 1.75. The number of aryl methyl sites for hydroxylation is 2. The molecule has 2 amide bonds. The zero-order valence-corrected chi connectivity index (χ0v) is 12.4. The van der Waals surface area contributed by atoms with Crippen LogP contribution in [0.5, 0.6) is 5.75 Å². The molecule has 5 nitrogen and oxygen atoms in total. The van der Waals surface area contributed by atoms with Crippen molar-refractivity contribution in [1.29, 1.82) is 0 Å². The fourth-order valence-electron chi connectivity index (χ4n) is 1.86. The Bertz CT molecular complexity index is 411. The number of urea groups is 1. The standard InChI is InChI=1S/C15H24N2O3/c1-4-13(10-18)17-15(19)16-8-9-20-14-11(2)6-5-7-12(14)3/h5-7,13,18H,4,8-10H2,1-3H3,(H2,16,17,19). The van der Waals surface area contributed by atoms with Gasteiger partial charge in [-0.2, -0.15) is 0 Å². The number of aliphatic hydroxyl groups excluding tert-OH is 1. The van der Waals surface area contributed by atoms with E-state index < -0.39 is 0 Å². The van der Waals surface area contributed by atoms with Crippen LogP contribution < -0.4 is 15.4 Å². The minimum Gasteiger partial charge on any atom is -0.491 e. The molecule has 0 aliphatic rings. The normalized spacial score (nSPS) is 11.8. The molecule has 0 bridgehead atoms. The van der Waals surface area contributed by atoms with E-state index in [2.05, 4.69) is 10.6 Å². The number of hydrogen-bond acceptors (Lipinski definition) is 3. The summed E-state index contributed by atoms with van der Waals surface area (Å²) in [4.78, 5) is 11.5. The Balaban J connectivity index is 2.30. The summed E-state index contributed by atoms with van der Waals surface area (Å²) in [6, 6.07) is 5.50. The fourth-order valence-corrected chi connectivity index (χ4v) is 1.86. The van der Waals surface area contributed by atoms with Gasteiger partial charge in [0.05, 0.1) is 19.2 Å². The van der Waals surface area contributed by atoms with Gasteiger partial charge in [0.15, 0.2) is 0 Å². The quantitative estimate of drug-likeness (QED) is 0.666. The maximum absolute atomic E-state index is 11.5. The summed E-state index contributed by atoms with van der Waals surface area (Å²) in [5.74, 6) is 0.872. The molecule has 1 rings (SSSR count). The molecule has 0 saturated heterocycles. The van der Waals surface area contributed by atoms with Crippen LogP contribution in [0.2, 0.25) is 0 Å². The third-order valence-corrected chi connectivity index (χ3v) is 3.09. The van der Waals surface area contributed by atoms with E-state index in [-0.39, 0.29) is 18.7 Å². The first-order chi connectivity index (χ1) is 9.58. The zero-order valence-electron chi connectivity index (χ0n) is 12.4. The van der Waals surface area contributed by atoms with Crippen molar-refractivity contribution in [3.63, 3.8) is 0 Å². The second-order valence-corrected chi connectivity index (χ2v) is 4.76. The van der Waals surface area contributed by atoms with E-state index in [1.54, 1.807) is 0 Å². The SMILES string of the molecule is CCC(CO)NC(=O)NCCOc1c(C)cccc1C. The van der Waals surface area contributed by atoms with Gasteiger partial charge in [-0.05, 0) is 31.4 Å². The van der Waals surface area contributed by atoms with Crippen LogP contribution in [0.25, 0.3) is 0 Å². The molecule has 1 unspecified atom stereocenters. The molecule has 0 saturated carbocycles. The summed E-state index contributed by atoms with van der Waals surface area (Å²) < 4.78 is 5.68. The first-order valence-electron chi connectivity index (χ1n) is 6.92. The molecule has 1 aromatic rings. The predicted molar refractivity (Wildman–Crippen MR) is 79.1 cm³/mol. The molecule has 0 radical (unpaired) electrons. The topological polar surface area (TPSA) is 70.6 Å². The molecule has 112 valence electrons. The van der Waals surface area contributed by atoms with E-state index >= 15 is 0 Å². The van der Waals surface area contributed by atoms with E-state index in [0.717, 1.165) is 16.9 Å². The van der Waals surface area contributed by atoms with Crippen LogP contribution in [0, 0.1) is 13.8 Å². The first-order valence-corrected chi connectivity index (χ1v) is 6.92. The highest BCUT2D eigenvalue weighted by molar-refractivity contribution is 5.74. The summed E-state index contributed by atoms with van der Waals surface area (Å²) >= 11 is 0. The lowest BCUT2D eigenvalue weighted by Crippen LogP contribution is -2.44. The number of amides is 2. The van der Waals surface area contributed by atoms with E-state index in [1.807, 2.05) is 39.0 Å². The molecule has 0 spiro atoms. The molecule has 5 heteroatoms. The molecule has 1 atom stereocenters. The number of hydrogen-bond donors (Lipinski definition) is 3. The third-order valence-electron chi connectivity index (χ3n) is 3.09. The Morgan fingerprint density at radius 2 is 2.00 bits per heavy atom. The lowest BCUT2D eigenvalue weighted by Gasteiger charge is -2.15. The molecule has 1 aromatic carbocycles. The fraction of sp³-hybridized carbons (Fsp3) is 0.533. The Morgan fingerprint density at radius 1 is 1.35 bits per heavy atom. The van der Waals surface area contributed by atoms with Gasteiger partial charge in [-0.15, -0.1) is 0 Å². The number of ether oxygens (including phenoxy) is 1. The molecule has 0 fully saturated rings. The minimum atomic E-state index is -0.281. The number of carbonyl (C=O) groups excluding carboxylic acids is 1. The van der Waals surface area contributed by atoms with Crippen LogP contribution in [0.3, 0.4) is 0 Å². The highest BCUT2D eigenvalue weighted by Gasteiger charge is 2.08. The van der Waals surface area contributed by atoms with Crippen molar-refractivity contribution in [3.8, 4) is 5.75 Å². The van der Waals surface area contributed by atoms with Crippen LogP contribution >= 0.6 is 0 Å². The van der Waals surface area contributed by atoms with Crippen LogP contribution in [0.4, 0.5) is 4.79 Å². The summed E-state index contributed by atoms with van der Waals surface area (Å²) in [5, 5.41) is 14.4. The van der Waals surface area contributed by atoms with Crippen molar-refractivity contribution in [3.05, 3.63) is 29.3 Å². The maximum Gasteiger partial charge on any atom is 0.315 e. The highest BCUT2D eigenvalue weighted by atomic mass is 16.5. The third kappa shape index (κ3) is 5.09. The number of para-hydroxylation sites is 1. The second-order valence-electron chi connectivity index (χ2n) is 4.76. The highest BCUT2D eigenvalue weighted by Crippen LogP contribution is 2.21. The van der Waals surface area contributed by atoms with Crippen molar-refractivity contribution < 1.29 is 14.6 Å². The molecule has 0 heterocycles. The Kier molecular flexibility index (Phi) is 6.87. The minimum absolute atomic E-state index is 0.0528. The van der Waals surface area contributed by atoms with Crippen LogP contribution in [-0.4, -0.2) is 36.9 Å². The number of rotatable bonds is 7. The van der Waals surface area contributed by atoms with Crippen molar-refractivity contribution in [2.24, 2.45) is 0 Å². The number of benzene rings is 1. The Morgan fingerprint density at radius 3 is 2.55 bits per heavy atom. The zero-order chi connectivity index (χ0) is 15.0. The largest absolute Gasteiger partial charge is 0.491 e. The summed E-state index contributed by atoms with van der Waals surface area (Å²) in [6.45, 7) is 6.68. The van der Waals surface area contributed by atoms with Crippen molar-refractivity contribution in [1.82, 2.24) is 10.6 Å². The van der Waals surface area contributed by atoms with Crippen LogP contribution in [-0.2, 0) is 0 Å². The van der Waals surface area contributed by atoms with Gasteiger partial charge < -0.3 is 20.5 Å². The van der Waals surface area contributed by atoms with Gasteiger partial charge in [0.1, 0.15) is 12.4 Å². The summed E-state index contributed by atoms with van der Waals surface area (Å²) in [7, 11) is 0. The summed E-state index contributed by atoms with van der Waals surface area (Å²) in [5.41, 5.74) is 2.17. The number of nitrogens with one attached hydrogen (secondary N) is 2. The van der Waals surface area contributed by atoms with Gasteiger partial charge in [-0.1, -0.05) is 25.1 Å². The van der Waals surface area contributed by atoms with E-state index in [4.69, 9.17) is 9.84 Å². The second kappa shape index (κ2) is 8.43. The molecular weight excluding hydrogens is 256 g/mol. The van der Waals surface area contributed by atoms with Gasteiger partial charge in [-0.25, -0.2) is 4.79 Å². The maximum atomic E-state index is 11.5. The smallest absolute Gasteiger partial charge is 0.315 e. The Hall–Kier alpha value is -1.75. The van der Waals surface area contributed by atoms with Gasteiger partial charge in [-0.3, -0.25) is 0 Å². The van der Waals surface area contributed by atoms with Crippen molar-refractivity contribution >= 4 is 6.03 Å². The van der Waals surface area contributed by atoms with Gasteiger partial charge in [0.25, 0.3) is 0 Å². The Labute approximate surface area is 120 Å². The average Bonchev–Trinajstić information content (AvgIpc) is 2.43. The van der Waals surface area contributed by atoms with E-state index in [9.17, 15) is 4.79 Å². The molecule has 3 N–H and O–H groups in total. The lowest BCUT2D eigenvalue weighted by molar-refractivity contribution is 0.212. The molecule has 0 aliphatic carbocycles. The van der Waals surface area contributed by atoms with Crippen LogP contribution in [0.1, 0.15) is 24.5 Å². The van der Waals surface area contributed by atoms with Crippen LogP contribution in [0.15, 0.2) is 18.2 Å². The van der Waals surface area contributed by atoms with E-state index in [0.29, 0.717) is 19.6 Å². The first kappa shape index (κ1) is 16.3. The summed E-state index contributed by atoms with van der Waals surface area (Å²) in [6.07, 6.45) is 0.697. The molecular formula is C15H24N2O3. The lowest BCUT2D eigenvalue weighted by atomic mass is 10.1. The van der Waals surface area contributed by atoms with Crippen molar-refractivity contribution in [2.75, 3.05) is 19.8 Å². The molecule has 0 aromatic heterocycles. The van der Waals surface area contributed by atoms with Gasteiger partial charge >= 0.3 is 6.03 Å². The monoisotopic (exact) mass is 280 g/mol. The number of carbonyl (C=O) groups is 1. The average molecular weight is 280 g/mol. The number of aliphatic hydroxyl groups is 1. The molecule has 0 aliphatic heterocycles.